The molecule has 1 unspecified atom stereocenters. The number of hydrogen-bond donors (Lipinski definition) is 0. The monoisotopic (exact) mass is 314 g/mol. The van der Waals surface area contributed by atoms with Crippen LogP contribution in [0.5, 0.6) is 0 Å². The van der Waals surface area contributed by atoms with Crippen molar-refractivity contribution in [2.75, 3.05) is 45.7 Å². The van der Waals surface area contributed by atoms with E-state index in [1.807, 2.05) is 11.8 Å². The molecule has 1 atom stereocenters. The van der Waals surface area contributed by atoms with Gasteiger partial charge in [-0.3, -0.25) is 0 Å². The summed E-state index contributed by atoms with van der Waals surface area (Å²) in [6.45, 7) is 6.07. The Morgan fingerprint density at radius 1 is 1.29 bits per heavy atom. The summed E-state index contributed by atoms with van der Waals surface area (Å²) in [6.07, 6.45) is 9.55. The van der Waals surface area contributed by atoms with Crippen LogP contribution in [0.25, 0.3) is 0 Å². The Morgan fingerprint density at radius 3 is 2.57 bits per heavy atom. The topological polar surface area (TPSA) is 15.7 Å². The average Bonchev–Trinajstić information content (AvgIpc) is 2.42. The Labute approximate surface area is 135 Å². The number of thioether (sulfide) groups is 1. The van der Waals surface area contributed by atoms with E-state index < -0.39 is 0 Å². The first-order valence-electron chi connectivity index (χ1n) is 8.61. The molecule has 1 saturated carbocycles. The Hall–Kier alpha value is 0.230. The van der Waals surface area contributed by atoms with E-state index in [-0.39, 0.29) is 0 Å². The summed E-state index contributed by atoms with van der Waals surface area (Å²) >= 11 is 1.92. The first-order valence-corrected chi connectivity index (χ1v) is 10.0. The van der Waals surface area contributed by atoms with Crippen molar-refractivity contribution in [3.63, 3.8) is 0 Å². The van der Waals surface area contributed by atoms with Gasteiger partial charge in [0.1, 0.15) is 0 Å². The quantitative estimate of drug-likeness (QED) is 0.684. The molecule has 2 aliphatic rings. The molecule has 2 rings (SSSR count). The van der Waals surface area contributed by atoms with Crippen LogP contribution in [0.3, 0.4) is 0 Å². The number of likely N-dealkylation sites (tertiary alicyclic amines) is 1. The fourth-order valence-electron chi connectivity index (χ4n) is 3.49. The van der Waals surface area contributed by atoms with Gasteiger partial charge in [-0.2, -0.15) is 11.8 Å². The third-order valence-electron chi connectivity index (χ3n) is 5.23. The van der Waals surface area contributed by atoms with Gasteiger partial charge in [-0.25, -0.2) is 0 Å². The van der Waals surface area contributed by atoms with Gasteiger partial charge in [0.2, 0.25) is 0 Å². The van der Waals surface area contributed by atoms with Gasteiger partial charge in [-0.1, -0.05) is 0 Å². The average molecular weight is 315 g/mol. The summed E-state index contributed by atoms with van der Waals surface area (Å²) in [5, 5.41) is 0. The molecule has 0 radical (unpaired) electrons. The van der Waals surface area contributed by atoms with Crippen molar-refractivity contribution in [1.82, 2.24) is 9.80 Å². The highest BCUT2D eigenvalue weighted by molar-refractivity contribution is 7.98. The molecule has 0 aromatic carbocycles. The lowest BCUT2D eigenvalue weighted by Crippen LogP contribution is -2.49. The minimum absolute atomic E-state index is 0.433. The molecule has 1 heterocycles. The second kappa shape index (κ2) is 8.76. The maximum Gasteiger partial charge on any atom is 0.0608 e. The lowest BCUT2D eigenvalue weighted by molar-refractivity contribution is -0.0811. The van der Waals surface area contributed by atoms with Gasteiger partial charge < -0.3 is 14.5 Å². The van der Waals surface area contributed by atoms with Gasteiger partial charge >= 0.3 is 0 Å². The second-order valence-electron chi connectivity index (χ2n) is 7.16. The van der Waals surface area contributed by atoms with Crippen LogP contribution in [-0.2, 0) is 4.74 Å². The third kappa shape index (κ3) is 5.74. The highest BCUT2D eigenvalue weighted by atomic mass is 32.2. The smallest absolute Gasteiger partial charge is 0.0608 e. The largest absolute Gasteiger partial charge is 0.375 e. The molecule has 0 amide bonds. The van der Waals surface area contributed by atoms with Gasteiger partial charge in [0, 0.05) is 12.6 Å². The molecule has 3 nitrogen and oxygen atoms in total. The van der Waals surface area contributed by atoms with Crippen LogP contribution in [0.1, 0.15) is 39.0 Å². The van der Waals surface area contributed by atoms with Crippen LogP contribution in [0.2, 0.25) is 0 Å². The molecule has 2 fully saturated rings. The Kier molecular flexibility index (Phi) is 7.33. The molecule has 0 aromatic rings. The molecule has 1 saturated heterocycles. The summed E-state index contributed by atoms with van der Waals surface area (Å²) in [4.78, 5) is 5.06. The molecule has 21 heavy (non-hydrogen) atoms. The predicted molar refractivity (Wildman–Crippen MR) is 93.2 cm³/mol. The molecule has 1 aliphatic carbocycles. The first kappa shape index (κ1) is 17.6. The SMILES string of the molecule is CSCCC(C)O[C@H]1C[C@H](N(C)CC2CCN(C)CC2)C1. The lowest BCUT2D eigenvalue weighted by Gasteiger charge is -2.43. The predicted octanol–water partition coefficient (Wildman–Crippen LogP) is 2.95. The standard InChI is InChI=1S/C17H34N2OS/c1-14(7-10-21-4)20-17-11-16(12-17)19(3)13-15-5-8-18(2)9-6-15/h14-17H,5-13H2,1-4H3/t14?,16-,17-. The van der Waals surface area contributed by atoms with Crippen LogP contribution in [0.15, 0.2) is 0 Å². The minimum Gasteiger partial charge on any atom is -0.375 e. The van der Waals surface area contributed by atoms with Crippen molar-refractivity contribution >= 4 is 11.8 Å². The third-order valence-corrected chi connectivity index (χ3v) is 5.87. The van der Waals surface area contributed by atoms with Crippen LogP contribution < -0.4 is 0 Å². The molecular weight excluding hydrogens is 280 g/mol. The van der Waals surface area contributed by atoms with Gasteiger partial charge in [-0.15, -0.1) is 0 Å². The van der Waals surface area contributed by atoms with E-state index in [9.17, 15) is 0 Å². The van der Waals surface area contributed by atoms with E-state index in [1.165, 1.54) is 57.5 Å². The summed E-state index contributed by atoms with van der Waals surface area (Å²) in [5.41, 5.74) is 0. The van der Waals surface area contributed by atoms with E-state index in [0.29, 0.717) is 12.2 Å². The first-order chi connectivity index (χ1) is 10.1. The number of hydrogen-bond acceptors (Lipinski definition) is 4. The molecule has 0 bridgehead atoms. The van der Waals surface area contributed by atoms with Crippen molar-refractivity contribution in [2.45, 2.75) is 57.3 Å². The lowest BCUT2D eigenvalue weighted by atomic mass is 9.86. The Morgan fingerprint density at radius 2 is 1.95 bits per heavy atom. The highest BCUT2D eigenvalue weighted by Gasteiger charge is 2.34. The summed E-state index contributed by atoms with van der Waals surface area (Å²) in [5.74, 6) is 2.12. The van der Waals surface area contributed by atoms with E-state index >= 15 is 0 Å². The van der Waals surface area contributed by atoms with Gasteiger partial charge in [-0.05, 0) is 84.1 Å². The fourth-order valence-corrected chi connectivity index (χ4v) is 4.06. The second-order valence-corrected chi connectivity index (χ2v) is 8.15. The molecule has 0 spiro atoms. The fraction of sp³-hybridized carbons (Fsp3) is 1.00. The van der Waals surface area contributed by atoms with Crippen LogP contribution in [0.4, 0.5) is 0 Å². The van der Waals surface area contributed by atoms with Crippen molar-refractivity contribution < 1.29 is 4.74 Å². The molecule has 0 aromatic heterocycles. The highest BCUT2D eigenvalue weighted by Crippen LogP contribution is 2.30. The van der Waals surface area contributed by atoms with Gasteiger partial charge in [0.15, 0.2) is 0 Å². The maximum absolute atomic E-state index is 6.13. The Bertz CT molecular complexity index is 289. The van der Waals surface area contributed by atoms with Crippen LogP contribution in [-0.4, -0.2) is 73.8 Å². The summed E-state index contributed by atoms with van der Waals surface area (Å²) in [6, 6.07) is 0.766. The van der Waals surface area contributed by atoms with E-state index in [0.717, 1.165) is 12.0 Å². The van der Waals surface area contributed by atoms with Crippen LogP contribution in [0, 0.1) is 5.92 Å². The maximum atomic E-state index is 6.13. The van der Waals surface area contributed by atoms with Crippen molar-refractivity contribution in [2.24, 2.45) is 5.92 Å². The molecular formula is C17H34N2OS. The Balaban J connectivity index is 1.58. The van der Waals surface area contributed by atoms with Crippen molar-refractivity contribution in [1.29, 1.82) is 0 Å². The zero-order chi connectivity index (χ0) is 15.2. The minimum atomic E-state index is 0.433. The number of ether oxygens (including phenoxy) is 1. The van der Waals surface area contributed by atoms with Crippen molar-refractivity contribution in [3.8, 4) is 0 Å². The van der Waals surface area contributed by atoms with Gasteiger partial charge in [0.25, 0.3) is 0 Å². The van der Waals surface area contributed by atoms with E-state index in [4.69, 9.17) is 4.74 Å². The van der Waals surface area contributed by atoms with Gasteiger partial charge in [0.05, 0.1) is 12.2 Å². The summed E-state index contributed by atoms with van der Waals surface area (Å²) < 4.78 is 6.13. The zero-order valence-corrected chi connectivity index (χ0v) is 15.2. The zero-order valence-electron chi connectivity index (χ0n) is 14.4. The van der Waals surface area contributed by atoms with E-state index in [1.54, 1.807) is 0 Å². The molecule has 4 heteroatoms. The molecule has 0 N–H and O–H groups in total. The normalized spacial score (nSPS) is 29.6. The number of nitrogens with zero attached hydrogens (tertiary/aromatic N) is 2. The van der Waals surface area contributed by atoms with Crippen LogP contribution >= 0.6 is 11.8 Å². The number of rotatable bonds is 8. The molecule has 124 valence electrons. The summed E-state index contributed by atoms with van der Waals surface area (Å²) in [7, 11) is 4.56. The van der Waals surface area contributed by atoms with E-state index in [2.05, 4.69) is 37.1 Å². The molecule has 1 aliphatic heterocycles. The number of piperidine rings is 1. The van der Waals surface area contributed by atoms with Crippen molar-refractivity contribution in [3.05, 3.63) is 0 Å².